The second kappa shape index (κ2) is 6.56. The van der Waals surface area contributed by atoms with Crippen molar-refractivity contribution in [3.8, 4) is 0 Å². The van der Waals surface area contributed by atoms with Gasteiger partial charge in [0.1, 0.15) is 0 Å². The van der Waals surface area contributed by atoms with Crippen LogP contribution in [0.5, 0.6) is 0 Å². The second-order valence-corrected chi connectivity index (χ2v) is 6.38. The SMILES string of the molecule is CCCC1CCC(NC(C)c2nnc3ccccn23)CC1. The molecular weight excluding hydrogens is 260 g/mol. The van der Waals surface area contributed by atoms with Crippen molar-refractivity contribution >= 4 is 5.65 Å². The van der Waals surface area contributed by atoms with Gasteiger partial charge in [-0.25, -0.2) is 0 Å². The highest BCUT2D eigenvalue weighted by Gasteiger charge is 2.23. The van der Waals surface area contributed by atoms with Gasteiger partial charge in [0.15, 0.2) is 11.5 Å². The smallest absolute Gasteiger partial charge is 0.160 e. The number of pyridine rings is 1. The summed E-state index contributed by atoms with van der Waals surface area (Å²) in [5.41, 5.74) is 0.924. The summed E-state index contributed by atoms with van der Waals surface area (Å²) in [7, 11) is 0. The van der Waals surface area contributed by atoms with Gasteiger partial charge >= 0.3 is 0 Å². The largest absolute Gasteiger partial charge is 0.305 e. The van der Waals surface area contributed by atoms with E-state index in [-0.39, 0.29) is 6.04 Å². The van der Waals surface area contributed by atoms with E-state index < -0.39 is 0 Å². The molecule has 1 fully saturated rings. The minimum Gasteiger partial charge on any atom is -0.305 e. The molecule has 2 heterocycles. The molecule has 4 nitrogen and oxygen atoms in total. The van der Waals surface area contributed by atoms with E-state index in [1.54, 1.807) is 0 Å². The zero-order valence-corrected chi connectivity index (χ0v) is 13.1. The fraction of sp³-hybridized carbons (Fsp3) is 0.647. The van der Waals surface area contributed by atoms with Gasteiger partial charge in [0.05, 0.1) is 6.04 Å². The fourth-order valence-electron chi connectivity index (χ4n) is 3.61. The van der Waals surface area contributed by atoms with Crippen LogP contribution in [-0.2, 0) is 0 Å². The quantitative estimate of drug-likeness (QED) is 0.910. The Bertz CT molecular complexity index is 569. The predicted octanol–water partition coefficient (Wildman–Crippen LogP) is 3.74. The van der Waals surface area contributed by atoms with Crippen molar-refractivity contribution in [2.24, 2.45) is 5.92 Å². The predicted molar refractivity (Wildman–Crippen MR) is 85.2 cm³/mol. The van der Waals surface area contributed by atoms with Crippen LogP contribution in [-0.4, -0.2) is 20.6 Å². The van der Waals surface area contributed by atoms with Crippen LogP contribution in [0.25, 0.3) is 5.65 Å². The van der Waals surface area contributed by atoms with Crippen LogP contribution in [0.2, 0.25) is 0 Å². The summed E-state index contributed by atoms with van der Waals surface area (Å²) in [6.45, 7) is 4.49. The second-order valence-electron chi connectivity index (χ2n) is 6.38. The molecule has 0 saturated heterocycles. The summed E-state index contributed by atoms with van der Waals surface area (Å²) < 4.78 is 2.08. The molecule has 114 valence electrons. The molecule has 1 aliphatic rings. The molecule has 1 unspecified atom stereocenters. The van der Waals surface area contributed by atoms with E-state index in [2.05, 4.69) is 33.8 Å². The number of fused-ring (bicyclic) bond motifs is 1. The van der Waals surface area contributed by atoms with Gasteiger partial charge in [0, 0.05) is 12.2 Å². The Morgan fingerprint density at radius 3 is 2.81 bits per heavy atom. The van der Waals surface area contributed by atoms with Crippen molar-refractivity contribution in [2.75, 3.05) is 0 Å². The number of nitrogens with one attached hydrogen (secondary N) is 1. The van der Waals surface area contributed by atoms with Crippen LogP contribution >= 0.6 is 0 Å². The first-order chi connectivity index (χ1) is 10.3. The van der Waals surface area contributed by atoms with Crippen molar-refractivity contribution in [2.45, 2.75) is 64.5 Å². The molecule has 0 spiro atoms. The highest BCUT2D eigenvalue weighted by molar-refractivity contribution is 5.37. The van der Waals surface area contributed by atoms with E-state index >= 15 is 0 Å². The number of hydrogen-bond donors (Lipinski definition) is 1. The van der Waals surface area contributed by atoms with Crippen molar-refractivity contribution in [1.82, 2.24) is 19.9 Å². The lowest BCUT2D eigenvalue weighted by molar-refractivity contribution is 0.264. The lowest BCUT2D eigenvalue weighted by Gasteiger charge is -2.30. The first kappa shape index (κ1) is 14.5. The number of hydrogen-bond acceptors (Lipinski definition) is 3. The van der Waals surface area contributed by atoms with Gasteiger partial charge in [-0.15, -0.1) is 10.2 Å². The molecular formula is C17H26N4. The Labute approximate surface area is 127 Å². The first-order valence-electron chi connectivity index (χ1n) is 8.33. The first-order valence-corrected chi connectivity index (χ1v) is 8.33. The van der Waals surface area contributed by atoms with Crippen LogP contribution in [0.4, 0.5) is 0 Å². The lowest BCUT2D eigenvalue weighted by atomic mass is 9.83. The van der Waals surface area contributed by atoms with Gasteiger partial charge in [-0.05, 0) is 50.7 Å². The molecule has 0 bridgehead atoms. The van der Waals surface area contributed by atoms with Gasteiger partial charge in [-0.3, -0.25) is 4.40 Å². The monoisotopic (exact) mass is 286 g/mol. The summed E-state index contributed by atoms with van der Waals surface area (Å²) in [6, 6.07) is 6.90. The van der Waals surface area contributed by atoms with Crippen molar-refractivity contribution in [3.63, 3.8) is 0 Å². The zero-order valence-electron chi connectivity index (χ0n) is 13.1. The Kier molecular flexibility index (Phi) is 4.54. The standard InChI is InChI=1S/C17H26N4/c1-3-6-14-8-10-15(11-9-14)18-13(2)17-20-19-16-7-4-5-12-21(16)17/h4-5,7,12-15,18H,3,6,8-11H2,1-2H3. The number of nitrogens with zero attached hydrogens (tertiary/aromatic N) is 3. The van der Waals surface area contributed by atoms with Crippen LogP contribution < -0.4 is 5.32 Å². The maximum atomic E-state index is 4.36. The van der Waals surface area contributed by atoms with E-state index in [0.29, 0.717) is 6.04 Å². The zero-order chi connectivity index (χ0) is 14.7. The van der Waals surface area contributed by atoms with Crippen LogP contribution in [0.15, 0.2) is 24.4 Å². The third-order valence-corrected chi connectivity index (χ3v) is 4.76. The molecule has 2 aromatic heterocycles. The van der Waals surface area contributed by atoms with Gasteiger partial charge in [0.25, 0.3) is 0 Å². The van der Waals surface area contributed by atoms with Crippen LogP contribution in [0, 0.1) is 5.92 Å². The molecule has 2 aromatic rings. The molecule has 0 radical (unpaired) electrons. The molecule has 1 aliphatic carbocycles. The average Bonchev–Trinajstić information content (AvgIpc) is 2.93. The summed E-state index contributed by atoms with van der Waals surface area (Å²) in [4.78, 5) is 0. The van der Waals surface area contributed by atoms with E-state index in [9.17, 15) is 0 Å². The Balaban J connectivity index is 1.61. The van der Waals surface area contributed by atoms with Crippen molar-refractivity contribution < 1.29 is 0 Å². The number of rotatable bonds is 5. The van der Waals surface area contributed by atoms with Gasteiger partial charge in [0.2, 0.25) is 0 Å². The normalized spacial score (nSPS) is 24.3. The Morgan fingerprint density at radius 1 is 1.24 bits per heavy atom. The highest BCUT2D eigenvalue weighted by Crippen LogP contribution is 2.28. The van der Waals surface area contributed by atoms with Gasteiger partial charge < -0.3 is 5.32 Å². The summed E-state index contributed by atoms with van der Waals surface area (Å²) >= 11 is 0. The Hall–Kier alpha value is -1.42. The van der Waals surface area contributed by atoms with E-state index in [1.807, 2.05) is 24.4 Å². The summed E-state index contributed by atoms with van der Waals surface area (Å²) in [5, 5.41) is 12.4. The molecule has 0 aliphatic heterocycles. The minimum atomic E-state index is 0.245. The van der Waals surface area contributed by atoms with Crippen LogP contribution in [0.1, 0.15) is 64.2 Å². The molecule has 0 aromatic carbocycles. The van der Waals surface area contributed by atoms with Gasteiger partial charge in [-0.2, -0.15) is 0 Å². The lowest BCUT2D eigenvalue weighted by Crippen LogP contribution is -2.35. The molecule has 3 rings (SSSR count). The van der Waals surface area contributed by atoms with Gasteiger partial charge in [-0.1, -0.05) is 25.8 Å². The summed E-state index contributed by atoms with van der Waals surface area (Å²) in [6.07, 6.45) is 10.1. The number of aromatic nitrogens is 3. The molecule has 1 N–H and O–H groups in total. The molecule has 1 atom stereocenters. The highest BCUT2D eigenvalue weighted by atomic mass is 15.3. The molecule has 0 amide bonds. The molecule has 21 heavy (non-hydrogen) atoms. The Morgan fingerprint density at radius 2 is 2.05 bits per heavy atom. The van der Waals surface area contributed by atoms with Crippen molar-refractivity contribution in [1.29, 1.82) is 0 Å². The topological polar surface area (TPSA) is 42.2 Å². The molecule has 1 saturated carbocycles. The summed E-state index contributed by atoms with van der Waals surface area (Å²) in [5.74, 6) is 1.97. The minimum absolute atomic E-state index is 0.245. The third kappa shape index (κ3) is 3.26. The molecule has 4 heteroatoms. The maximum Gasteiger partial charge on any atom is 0.160 e. The van der Waals surface area contributed by atoms with E-state index in [4.69, 9.17) is 0 Å². The van der Waals surface area contributed by atoms with Crippen LogP contribution in [0.3, 0.4) is 0 Å². The van der Waals surface area contributed by atoms with E-state index in [0.717, 1.165) is 17.4 Å². The average molecular weight is 286 g/mol. The van der Waals surface area contributed by atoms with E-state index in [1.165, 1.54) is 38.5 Å². The third-order valence-electron chi connectivity index (χ3n) is 4.76. The maximum absolute atomic E-state index is 4.36. The van der Waals surface area contributed by atoms with Crippen molar-refractivity contribution in [3.05, 3.63) is 30.2 Å². The fourth-order valence-corrected chi connectivity index (χ4v) is 3.61.